The summed E-state index contributed by atoms with van der Waals surface area (Å²) >= 11 is 8.68. The molecule has 0 fully saturated rings. The maximum atomic E-state index is 12.9. The van der Waals surface area contributed by atoms with Crippen LogP contribution in [-0.4, -0.2) is 31.8 Å². The van der Waals surface area contributed by atoms with Crippen LogP contribution in [0, 0.1) is 0 Å². The lowest BCUT2D eigenvalue weighted by molar-refractivity contribution is 0.0743. The molecule has 9 heteroatoms. The van der Waals surface area contributed by atoms with Gasteiger partial charge in [0.05, 0.1) is 17.0 Å². The third-order valence-corrected chi connectivity index (χ3v) is 5.62. The molecule has 0 aliphatic heterocycles. The summed E-state index contributed by atoms with van der Waals surface area (Å²) in [6.07, 6.45) is 0.916. The summed E-state index contributed by atoms with van der Waals surface area (Å²) in [5.41, 5.74) is 1.36. The first-order valence-electron chi connectivity index (χ1n) is 8.27. The van der Waals surface area contributed by atoms with Gasteiger partial charge in [0.1, 0.15) is 10.0 Å². The lowest BCUT2D eigenvalue weighted by Crippen LogP contribution is -2.24. The molecule has 2 aromatic heterocycles. The van der Waals surface area contributed by atoms with E-state index in [0.717, 1.165) is 18.0 Å². The van der Waals surface area contributed by atoms with Crippen LogP contribution in [0.3, 0.4) is 0 Å². The Hall–Kier alpha value is -1.48. The molecule has 0 amide bonds. The van der Waals surface area contributed by atoms with Crippen molar-refractivity contribution in [1.82, 2.24) is 19.1 Å². The van der Waals surface area contributed by atoms with E-state index < -0.39 is 0 Å². The summed E-state index contributed by atoms with van der Waals surface area (Å²) in [7, 11) is 0. The molecule has 6 nitrogen and oxygen atoms in total. The van der Waals surface area contributed by atoms with Crippen molar-refractivity contribution >= 4 is 45.8 Å². The molecule has 0 saturated heterocycles. The van der Waals surface area contributed by atoms with Crippen molar-refractivity contribution in [2.24, 2.45) is 0 Å². The van der Waals surface area contributed by atoms with Crippen molar-refractivity contribution in [3.8, 4) is 0 Å². The summed E-state index contributed by atoms with van der Waals surface area (Å²) in [4.78, 5) is 17.6. The molecule has 0 aliphatic carbocycles. The van der Waals surface area contributed by atoms with Crippen LogP contribution < -0.4 is 5.56 Å². The highest BCUT2D eigenvalue weighted by Gasteiger charge is 2.13. The SMILES string of the molecule is CC(C)OCCCn1c(SCc2nnsc2Cl)nc2ccccc2c1=O. The molecule has 0 spiro atoms. The molecule has 1 aromatic carbocycles. The van der Waals surface area contributed by atoms with Gasteiger partial charge in [-0.1, -0.05) is 40.0 Å². The van der Waals surface area contributed by atoms with E-state index in [1.165, 1.54) is 11.8 Å². The normalized spacial score (nSPS) is 11.5. The monoisotopic (exact) mass is 410 g/mol. The number of para-hydroxylation sites is 1. The second-order valence-electron chi connectivity index (χ2n) is 5.92. The largest absolute Gasteiger partial charge is 0.379 e. The number of ether oxygens (including phenoxy) is 1. The number of thioether (sulfide) groups is 1. The van der Waals surface area contributed by atoms with Crippen molar-refractivity contribution < 1.29 is 4.74 Å². The van der Waals surface area contributed by atoms with Gasteiger partial charge in [0, 0.05) is 30.4 Å². The lowest BCUT2D eigenvalue weighted by atomic mass is 10.2. The van der Waals surface area contributed by atoms with Crippen LogP contribution >= 0.6 is 34.9 Å². The minimum Gasteiger partial charge on any atom is -0.379 e. The van der Waals surface area contributed by atoms with E-state index in [1.807, 2.05) is 32.0 Å². The van der Waals surface area contributed by atoms with Gasteiger partial charge >= 0.3 is 0 Å². The molecule has 3 rings (SSSR count). The fourth-order valence-electron chi connectivity index (χ4n) is 2.41. The number of hydrogen-bond acceptors (Lipinski definition) is 7. The Labute approximate surface area is 164 Å². The number of hydrogen-bond donors (Lipinski definition) is 0. The molecular formula is C17H19ClN4O2S2. The van der Waals surface area contributed by atoms with Crippen LogP contribution in [0.5, 0.6) is 0 Å². The van der Waals surface area contributed by atoms with Gasteiger partial charge in [-0.05, 0) is 32.4 Å². The van der Waals surface area contributed by atoms with Crippen LogP contribution in [0.15, 0.2) is 34.2 Å². The predicted octanol–water partition coefficient (Wildman–Crippen LogP) is 4.01. The first-order valence-corrected chi connectivity index (χ1v) is 10.4. The van der Waals surface area contributed by atoms with Crippen molar-refractivity contribution in [3.63, 3.8) is 0 Å². The minimum atomic E-state index is -0.0369. The summed E-state index contributed by atoms with van der Waals surface area (Å²) in [6, 6.07) is 7.39. The molecule has 2 heterocycles. The fraction of sp³-hybridized carbons (Fsp3) is 0.412. The second kappa shape index (κ2) is 8.94. The third-order valence-electron chi connectivity index (χ3n) is 3.65. The molecule has 0 unspecified atom stereocenters. The van der Waals surface area contributed by atoms with Crippen molar-refractivity contribution in [2.45, 2.75) is 43.8 Å². The predicted molar refractivity (Wildman–Crippen MR) is 106 cm³/mol. The van der Waals surface area contributed by atoms with Gasteiger partial charge in [-0.15, -0.1) is 5.10 Å². The zero-order valence-corrected chi connectivity index (χ0v) is 16.9. The van der Waals surface area contributed by atoms with Crippen molar-refractivity contribution in [1.29, 1.82) is 0 Å². The van der Waals surface area contributed by atoms with Gasteiger partial charge in [-0.3, -0.25) is 9.36 Å². The molecule has 3 aromatic rings. The Bertz CT molecular complexity index is 942. The topological polar surface area (TPSA) is 69.9 Å². The van der Waals surface area contributed by atoms with Crippen LogP contribution in [0.25, 0.3) is 10.9 Å². The van der Waals surface area contributed by atoms with Crippen LogP contribution in [-0.2, 0) is 17.0 Å². The Morgan fingerprint density at radius 2 is 2.15 bits per heavy atom. The van der Waals surface area contributed by atoms with E-state index in [1.54, 1.807) is 10.6 Å². The van der Waals surface area contributed by atoms with E-state index in [-0.39, 0.29) is 11.7 Å². The summed E-state index contributed by atoms with van der Waals surface area (Å²) < 4.78 is 11.7. The Morgan fingerprint density at radius 1 is 1.35 bits per heavy atom. The fourth-order valence-corrected chi connectivity index (χ4v) is 4.17. The molecule has 0 radical (unpaired) electrons. The first kappa shape index (κ1) is 19.3. The van der Waals surface area contributed by atoms with Gasteiger partial charge in [0.25, 0.3) is 5.56 Å². The number of nitrogens with zero attached hydrogens (tertiary/aromatic N) is 4. The highest BCUT2D eigenvalue weighted by molar-refractivity contribution is 7.98. The maximum Gasteiger partial charge on any atom is 0.262 e. The van der Waals surface area contributed by atoms with Gasteiger partial charge in [0.15, 0.2) is 5.16 Å². The van der Waals surface area contributed by atoms with Gasteiger partial charge < -0.3 is 4.74 Å². The highest BCUT2D eigenvalue weighted by Crippen LogP contribution is 2.26. The number of halogens is 1. The quantitative estimate of drug-likeness (QED) is 0.317. The smallest absolute Gasteiger partial charge is 0.262 e. The maximum absolute atomic E-state index is 12.9. The van der Waals surface area contributed by atoms with Crippen LogP contribution in [0.4, 0.5) is 0 Å². The molecule has 0 saturated carbocycles. The highest BCUT2D eigenvalue weighted by atomic mass is 35.5. The Morgan fingerprint density at radius 3 is 2.88 bits per heavy atom. The van der Waals surface area contributed by atoms with Gasteiger partial charge in [-0.2, -0.15) is 0 Å². The van der Waals surface area contributed by atoms with E-state index in [0.29, 0.717) is 45.0 Å². The van der Waals surface area contributed by atoms with Crippen LogP contribution in [0.1, 0.15) is 26.0 Å². The second-order valence-corrected chi connectivity index (χ2v) is 8.22. The zero-order chi connectivity index (χ0) is 18.5. The summed E-state index contributed by atoms with van der Waals surface area (Å²) in [5, 5.41) is 5.30. The number of fused-ring (bicyclic) bond motifs is 1. The lowest BCUT2D eigenvalue weighted by Gasteiger charge is -2.13. The van der Waals surface area contributed by atoms with E-state index >= 15 is 0 Å². The minimum absolute atomic E-state index is 0.0369. The first-order chi connectivity index (χ1) is 12.6. The van der Waals surface area contributed by atoms with Gasteiger partial charge in [0.2, 0.25) is 0 Å². The van der Waals surface area contributed by atoms with Gasteiger partial charge in [-0.25, -0.2) is 4.98 Å². The average molecular weight is 411 g/mol. The van der Waals surface area contributed by atoms with Crippen LogP contribution in [0.2, 0.25) is 4.34 Å². The molecule has 0 atom stereocenters. The molecule has 0 aliphatic rings. The molecular weight excluding hydrogens is 392 g/mol. The molecule has 138 valence electrons. The standard InChI is InChI=1S/C17H19ClN4O2S2/c1-11(2)24-9-5-8-22-16(23)12-6-3-4-7-13(12)19-17(22)25-10-14-15(18)26-21-20-14/h3-4,6-7,11H,5,8-10H2,1-2H3. The average Bonchev–Trinajstić information content (AvgIpc) is 3.03. The third kappa shape index (κ3) is 4.62. The zero-order valence-electron chi connectivity index (χ0n) is 14.5. The van der Waals surface area contributed by atoms with Crippen molar-refractivity contribution in [2.75, 3.05) is 6.61 Å². The number of benzene rings is 1. The van der Waals surface area contributed by atoms with E-state index in [9.17, 15) is 4.79 Å². The summed E-state index contributed by atoms with van der Waals surface area (Å²) in [5.74, 6) is 0.516. The molecule has 26 heavy (non-hydrogen) atoms. The van der Waals surface area contributed by atoms with Crippen molar-refractivity contribution in [3.05, 3.63) is 44.6 Å². The van der Waals surface area contributed by atoms with E-state index in [4.69, 9.17) is 16.3 Å². The molecule has 0 N–H and O–H groups in total. The Kier molecular flexibility index (Phi) is 6.63. The number of aromatic nitrogens is 4. The number of rotatable bonds is 8. The molecule has 0 bridgehead atoms. The van der Waals surface area contributed by atoms with E-state index in [2.05, 4.69) is 14.6 Å². The summed E-state index contributed by atoms with van der Waals surface area (Å²) in [6.45, 7) is 5.14. The Balaban J connectivity index is 1.87.